The highest BCUT2D eigenvalue weighted by Crippen LogP contribution is 2.18. The van der Waals surface area contributed by atoms with Gasteiger partial charge in [-0.15, -0.1) is 0 Å². The standard InChI is InChI=1S/C15H11ClF2O/c1-9-4-11(6-12(16)5-9)15(19)8-10-7-13(17)2-3-14(10)18/h2-7H,8H2,1H3. The average Bonchev–Trinajstić information content (AvgIpc) is 2.32. The zero-order valence-corrected chi connectivity index (χ0v) is 11.0. The van der Waals surface area contributed by atoms with Gasteiger partial charge < -0.3 is 0 Å². The van der Waals surface area contributed by atoms with Crippen LogP contribution in [0.4, 0.5) is 8.78 Å². The average molecular weight is 281 g/mol. The number of aryl methyl sites for hydroxylation is 1. The van der Waals surface area contributed by atoms with Crippen molar-refractivity contribution in [2.24, 2.45) is 0 Å². The first-order valence-corrected chi connectivity index (χ1v) is 6.08. The number of benzene rings is 2. The van der Waals surface area contributed by atoms with E-state index in [1.54, 1.807) is 12.1 Å². The van der Waals surface area contributed by atoms with Gasteiger partial charge in [0.05, 0.1) is 0 Å². The number of hydrogen-bond acceptors (Lipinski definition) is 1. The molecule has 0 unspecified atom stereocenters. The van der Waals surface area contributed by atoms with Gasteiger partial charge in [-0.3, -0.25) is 4.79 Å². The van der Waals surface area contributed by atoms with Crippen molar-refractivity contribution in [3.05, 3.63) is 69.7 Å². The van der Waals surface area contributed by atoms with E-state index in [9.17, 15) is 13.6 Å². The van der Waals surface area contributed by atoms with Crippen molar-refractivity contribution in [1.29, 1.82) is 0 Å². The highest BCUT2D eigenvalue weighted by molar-refractivity contribution is 6.31. The second kappa shape index (κ2) is 5.49. The number of halogens is 3. The third-order valence-corrected chi connectivity index (χ3v) is 2.94. The third-order valence-electron chi connectivity index (χ3n) is 2.72. The summed E-state index contributed by atoms with van der Waals surface area (Å²) in [6.45, 7) is 1.81. The molecule has 1 nitrogen and oxygen atoms in total. The molecule has 0 amide bonds. The fourth-order valence-corrected chi connectivity index (χ4v) is 2.14. The molecule has 0 aliphatic rings. The van der Waals surface area contributed by atoms with Gasteiger partial charge in [-0.25, -0.2) is 8.78 Å². The lowest BCUT2D eigenvalue weighted by Crippen LogP contribution is -2.06. The van der Waals surface area contributed by atoms with Crippen LogP contribution < -0.4 is 0 Å². The van der Waals surface area contributed by atoms with Crippen LogP contribution in [0.25, 0.3) is 0 Å². The van der Waals surface area contributed by atoms with Gasteiger partial charge in [0.1, 0.15) is 11.6 Å². The minimum absolute atomic E-state index is 0.0441. The Hall–Kier alpha value is -1.74. The smallest absolute Gasteiger partial charge is 0.167 e. The van der Waals surface area contributed by atoms with Gasteiger partial charge in [-0.1, -0.05) is 11.6 Å². The maximum absolute atomic E-state index is 13.5. The minimum atomic E-state index is -0.589. The highest BCUT2D eigenvalue weighted by Gasteiger charge is 2.12. The predicted molar refractivity (Wildman–Crippen MR) is 70.6 cm³/mol. The molecular formula is C15H11ClF2O. The molecule has 0 aliphatic heterocycles. The second-order valence-electron chi connectivity index (χ2n) is 4.35. The molecule has 0 N–H and O–H groups in total. The van der Waals surface area contributed by atoms with Crippen molar-refractivity contribution in [3.63, 3.8) is 0 Å². The Bertz CT molecular complexity index is 618. The first-order valence-electron chi connectivity index (χ1n) is 5.70. The Labute approximate surface area is 114 Å². The van der Waals surface area contributed by atoms with Gasteiger partial charge >= 0.3 is 0 Å². The fourth-order valence-electron chi connectivity index (χ4n) is 1.85. The topological polar surface area (TPSA) is 17.1 Å². The lowest BCUT2D eigenvalue weighted by Gasteiger charge is -2.05. The molecule has 98 valence electrons. The van der Waals surface area contributed by atoms with Gasteiger partial charge in [0.15, 0.2) is 5.78 Å². The third kappa shape index (κ3) is 3.38. The van der Waals surface area contributed by atoms with E-state index in [4.69, 9.17) is 11.6 Å². The van der Waals surface area contributed by atoms with Crippen LogP contribution in [0.15, 0.2) is 36.4 Å². The molecule has 2 aromatic carbocycles. The highest BCUT2D eigenvalue weighted by atomic mass is 35.5. The largest absolute Gasteiger partial charge is 0.294 e. The van der Waals surface area contributed by atoms with Gasteiger partial charge in [0.2, 0.25) is 0 Å². The van der Waals surface area contributed by atoms with E-state index in [-0.39, 0.29) is 17.8 Å². The Morgan fingerprint density at radius 3 is 2.58 bits per heavy atom. The number of Topliss-reactive ketones (excluding diaryl/α,β-unsaturated/α-hetero) is 1. The van der Waals surface area contributed by atoms with E-state index < -0.39 is 11.6 Å². The molecule has 0 spiro atoms. The molecule has 0 saturated heterocycles. The molecule has 2 rings (SSSR count). The van der Waals surface area contributed by atoms with E-state index in [0.29, 0.717) is 10.6 Å². The molecule has 0 fully saturated rings. The molecule has 19 heavy (non-hydrogen) atoms. The number of rotatable bonds is 3. The van der Waals surface area contributed by atoms with Crippen molar-refractivity contribution in [2.75, 3.05) is 0 Å². The first kappa shape index (κ1) is 13.7. The van der Waals surface area contributed by atoms with Gasteiger partial charge in [0, 0.05) is 17.0 Å². The van der Waals surface area contributed by atoms with Crippen LogP contribution in [0.2, 0.25) is 5.02 Å². The Morgan fingerprint density at radius 2 is 1.89 bits per heavy atom. The van der Waals surface area contributed by atoms with Crippen molar-refractivity contribution in [2.45, 2.75) is 13.3 Å². The van der Waals surface area contributed by atoms with Gasteiger partial charge in [0.25, 0.3) is 0 Å². The summed E-state index contributed by atoms with van der Waals surface area (Å²) in [6, 6.07) is 7.99. The quantitative estimate of drug-likeness (QED) is 0.764. The number of hydrogen-bond donors (Lipinski definition) is 0. The summed E-state index contributed by atoms with van der Waals surface area (Å²) in [5, 5.41) is 0.447. The summed E-state index contributed by atoms with van der Waals surface area (Å²) >= 11 is 5.87. The Morgan fingerprint density at radius 1 is 1.16 bits per heavy atom. The monoisotopic (exact) mass is 280 g/mol. The van der Waals surface area contributed by atoms with Crippen molar-refractivity contribution < 1.29 is 13.6 Å². The minimum Gasteiger partial charge on any atom is -0.294 e. The molecule has 0 aliphatic carbocycles. The van der Waals surface area contributed by atoms with Gasteiger partial charge in [-0.05, 0) is 54.4 Å². The maximum Gasteiger partial charge on any atom is 0.167 e. The lowest BCUT2D eigenvalue weighted by molar-refractivity contribution is 0.0991. The molecule has 0 radical (unpaired) electrons. The summed E-state index contributed by atoms with van der Waals surface area (Å²) in [5.74, 6) is -1.45. The molecule has 0 bridgehead atoms. The van der Waals surface area contributed by atoms with E-state index in [1.807, 2.05) is 6.92 Å². The SMILES string of the molecule is Cc1cc(Cl)cc(C(=O)Cc2cc(F)ccc2F)c1. The maximum atomic E-state index is 13.5. The molecule has 0 aromatic heterocycles. The summed E-state index contributed by atoms with van der Waals surface area (Å²) in [4.78, 5) is 12.0. The molecule has 0 saturated carbocycles. The first-order chi connectivity index (χ1) is 8.95. The van der Waals surface area contributed by atoms with Crippen LogP contribution in [0.5, 0.6) is 0 Å². The van der Waals surface area contributed by atoms with E-state index in [1.165, 1.54) is 6.07 Å². The molecule has 0 atom stereocenters. The molecular weight excluding hydrogens is 270 g/mol. The van der Waals surface area contributed by atoms with Crippen LogP contribution in [0.1, 0.15) is 21.5 Å². The van der Waals surface area contributed by atoms with E-state index in [2.05, 4.69) is 0 Å². The summed E-state index contributed by atoms with van der Waals surface area (Å²) < 4.78 is 26.5. The fraction of sp³-hybridized carbons (Fsp3) is 0.133. The lowest BCUT2D eigenvalue weighted by atomic mass is 10.0. The number of carbonyl (C=O) groups excluding carboxylic acids is 1. The van der Waals surface area contributed by atoms with E-state index >= 15 is 0 Å². The van der Waals surface area contributed by atoms with Crippen LogP contribution in [0.3, 0.4) is 0 Å². The zero-order valence-electron chi connectivity index (χ0n) is 10.2. The van der Waals surface area contributed by atoms with E-state index in [0.717, 1.165) is 23.8 Å². The van der Waals surface area contributed by atoms with Gasteiger partial charge in [-0.2, -0.15) is 0 Å². The molecule has 4 heteroatoms. The number of ketones is 1. The molecule has 2 aromatic rings. The summed E-state index contributed by atoms with van der Waals surface area (Å²) in [7, 11) is 0. The van der Waals surface area contributed by atoms with Crippen molar-refractivity contribution >= 4 is 17.4 Å². The van der Waals surface area contributed by atoms with Crippen LogP contribution in [-0.4, -0.2) is 5.78 Å². The van der Waals surface area contributed by atoms with Crippen molar-refractivity contribution in [1.82, 2.24) is 0 Å². The summed E-state index contributed by atoms with van der Waals surface area (Å²) in [6.07, 6.45) is -0.191. The zero-order chi connectivity index (χ0) is 14.0. The molecule has 0 heterocycles. The predicted octanol–water partition coefficient (Wildman–Crippen LogP) is 4.35. The summed E-state index contributed by atoms with van der Waals surface area (Å²) in [5.41, 5.74) is 1.28. The second-order valence-corrected chi connectivity index (χ2v) is 4.79. The van der Waals surface area contributed by atoms with Crippen LogP contribution in [-0.2, 0) is 6.42 Å². The normalized spacial score (nSPS) is 10.5. The van der Waals surface area contributed by atoms with Crippen LogP contribution >= 0.6 is 11.6 Å². The Kier molecular flexibility index (Phi) is 3.96. The van der Waals surface area contributed by atoms with Crippen LogP contribution in [0, 0.1) is 18.6 Å². The number of carbonyl (C=O) groups is 1. The Balaban J connectivity index is 2.28. The van der Waals surface area contributed by atoms with Crippen molar-refractivity contribution in [3.8, 4) is 0 Å².